The molecule has 2 heterocycles. The largest absolute Gasteiger partial charge is 0.455 e. The molecule has 0 aliphatic rings. The molecule has 0 unspecified atom stereocenters. The van der Waals surface area contributed by atoms with Crippen molar-refractivity contribution in [2.24, 2.45) is 0 Å². The van der Waals surface area contributed by atoms with Gasteiger partial charge in [-0.3, -0.25) is 0 Å². The molecule has 322 valence electrons. The Labute approximate surface area is 399 Å². The zero-order chi connectivity index (χ0) is 45.4. The minimum Gasteiger partial charge on any atom is -0.455 e. The second-order valence-corrected chi connectivity index (χ2v) is 18.0. The smallest absolute Gasteiger partial charge is 0.143 e. The van der Waals surface area contributed by atoms with E-state index in [0.29, 0.717) is 0 Å². The summed E-state index contributed by atoms with van der Waals surface area (Å²) in [6, 6.07) is 92.4. The maximum Gasteiger partial charge on any atom is 0.143 e. The van der Waals surface area contributed by atoms with Crippen molar-refractivity contribution in [3.05, 3.63) is 255 Å². The van der Waals surface area contributed by atoms with Gasteiger partial charge < -0.3 is 13.9 Å². The molecular formula is C66H42N2O. The third-order valence-corrected chi connectivity index (χ3v) is 14.2. The minimum atomic E-state index is 0.901. The standard InChI is InChI=1S/C66H42N2O/c1-3-14-43(15-4-1)44-26-32-49(33-27-44)67(48-16-5-2-6-17-48)50-34-28-45(29-35-50)46-30-38-63-61(40-46)62-41-47(52-23-13-24-59-58-22-11-12-25-65(58)69-66(52)59)31-39-64(62)68(63)51-36-37-57-55-20-8-7-18-53(55)54-19-9-10-21-56(54)60(57)42-51/h1-42H. The van der Waals surface area contributed by atoms with Gasteiger partial charge >= 0.3 is 0 Å². The van der Waals surface area contributed by atoms with Gasteiger partial charge in [-0.05, 0) is 139 Å². The van der Waals surface area contributed by atoms with E-state index in [1.54, 1.807) is 0 Å². The zero-order valence-corrected chi connectivity index (χ0v) is 37.6. The van der Waals surface area contributed by atoms with E-state index in [2.05, 4.69) is 258 Å². The summed E-state index contributed by atoms with van der Waals surface area (Å²) < 4.78 is 9.04. The average Bonchev–Trinajstić information content (AvgIpc) is 3.97. The van der Waals surface area contributed by atoms with Crippen LogP contribution >= 0.6 is 0 Å². The first-order chi connectivity index (χ1) is 34.2. The van der Waals surface area contributed by atoms with Crippen LogP contribution in [0.15, 0.2) is 259 Å². The summed E-state index contributed by atoms with van der Waals surface area (Å²) in [7, 11) is 0. The lowest BCUT2D eigenvalue weighted by Gasteiger charge is -2.26. The summed E-state index contributed by atoms with van der Waals surface area (Å²) in [6.45, 7) is 0. The monoisotopic (exact) mass is 878 g/mol. The number of rotatable bonds is 7. The highest BCUT2D eigenvalue weighted by molar-refractivity contribution is 6.26. The fourth-order valence-electron chi connectivity index (χ4n) is 10.9. The first-order valence-electron chi connectivity index (χ1n) is 23.7. The summed E-state index contributed by atoms with van der Waals surface area (Å²) in [5.74, 6) is 0. The van der Waals surface area contributed by atoms with Gasteiger partial charge in [-0.25, -0.2) is 0 Å². The van der Waals surface area contributed by atoms with Gasteiger partial charge in [-0.1, -0.05) is 176 Å². The molecule has 0 spiro atoms. The van der Waals surface area contributed by atoms with Gasteiger partial charge in [0.25, 0.3) is 0 Å². The van der Waals surface area contributed by atoms with Crippen molar-refractivity contribution >= 4 is 93.1 Å². The summed E-state index contributed by atoms with van der Waals surface area (Å²) in [5.41, 5.74) is 15.5. The fraction of sp³-hybridized carbons (Fsp3) is 0. The van der Waals surface area contributed by atoms with Gasteiger partial charge in [0, 0.05) is 49.9 Å². The fourth-order valence-corrected chi connectivity index (χ4v) is 10.9. The van der Waals surface area contributed by atoms with Gasteiger partial charge in [0.15, 0.2) is 0 Å². The van der Waals surface area contributed by atoms with Gasteiger partial charge in [-0.15, -0.1) is 0 Å². The number of para-hydroxylation sites is 3. The van der Waals surface area contributed by atoms with E-state index in [1.807, 2.05) is 6.07 Å². The van der Waals surface area contributed by atoms with Crippen LogP contribution in [-0.4, -0.2) is 4.57 Å². The second-order valence-electron chi connectivity index (χ2n) is 18.0. The quantitative estimate of drug-likeness (QED) is 0.149. The molecule has 14 aromatic rings. The topological polar surface area (TPSA) is 21.3 Å². The number of anilines is 3. The third kappa shape index (κ3) is 6.36. The molecule has 14 rings (SSSR count). The summed E-state index contributed by atoms with van der Waals surface area (Å²) in [6.07, 6.45) is 0. The molecule has 0 radical (unpaired) electrons. The summed E-state index contributed by atoms with van der Waals surface area (Å²) in [5, 5.41) is 12.2. The first-order valence-corrected chi connectivity index (χ1v) is 23.7. The number of aromatic nitrogens is 1. The van der Waals surface area contributed by atoms with Gasteiger partial charge in [0.05, 0.1) is 11.0 Å². The van der Waals surface area contributed by atoms with Crippen LogP contribution in [0.3, 0.4) is 0 Å². The van der Waals surface area contributed by atoms with Crippen LogP contribution in [-0.2, 0) is 0 Å². The highest BCUT2D eigenvalue weighted by atomic mass is 16.3. The minimum absolute atomic E-state index is 0.901. The Bertz CT molecular complexity index is 4240. The van der Waals surface area contributed by atoms with E-state index in [0.717, 1.165) is 78.0 Å². The van der Waals surface area contributed by atoms with Crippen LogP contribution in [0.2, 0.25) is 0 Å². The lowest BCUT2D eigenvalue weighted by molar-refractivity contribution is 0.670. The van der Waals surface area contributed by atoms with Crippen molar-refractivity contribution in [1.29, 1.82) is 0 Å². The number of hydrogen-bond acceptors (Lipinski definition) is 2. The predicted molar refractivity (Wildman–Crippen MR) is 292 cm³/mol. The maximum atomic E-state index is 6.59. The van der Waals surface area contributed by atoms with E-state index in [9.17, 15) is 0 Å². The average molecular weight is 879 g/mol. The molecule has 0 N–H and O–H groups in total. The molecule has 0 amide bonds. The molecule has 69 heavy (non-hydrogen) atoms. The molecular weight excluding hydrogens is 837 g/mol. The molecule has 0 bridgehead atoms. The molecule has 0 aliphatic carbocycles. The Morgan fingerprint density at radius 2 is 0.739 bits per heavy atom. The maximum absolute atomic E-state index is 6.59. The predicted octanol–water partition coefficient (Wildman–Crippen LogP) is 18.6. The van der Waals surface area contributed by atoms with Crippen LogP contribution in [0.1, 0.15) is 0 Å². The number of fused-ring (bicyclic) bond motifs is 12. The second kappa shape index (κ2) is 15.7. The van der Waals surface area contributed by atoms with Crippen molar-refractivity contribution in [1.82, 2.24) is 4.57 Å². The molecule has 3 nitrogen and oxygen atoms in total. The highest BCUT2D eigenvalue weighted by Crippen LogP contribution is 2.43. The molecule has 0 aliphatic heterocycles. The Hall–Kier alpha value is -9.18. The molecule has 12 aromatic carbocycles. The Balaban J connectivity index is 0.930. The van der Waals surface area contributed by atoms with E-state index < -0.39 is 0 Å². The van der Waals surface area contributed by atoms with E-state index in [-0.39, 0.29) is 0 Å². The van der Waals surface area contributed by atoms with Crippen molar-refractivity contribution in [3.8, 4) is 39.1 Å². The van der Waals surface area contributed by atoms with Crippen LogP contribution in [0.4, 0.5) is 17.1 Å². The molecule has 0 saturated carbocycles. The van der Waals surface area contributed by atoms with E-state index in [1.165, 1.54) is 54.2 Å². The Kier molecular flexibility index (Phi) is 8.90. The number of hydrogen-bond donors (Lipinski definition) is 0. The lowest BCUT2D eigenvalue weighted by Crippen LogP contribution is -2.09. The SMILES string of the molecule is c1ccc(-c2ccc(N(c3ccccc3)c3ccc(-c4ccc5c(c4)c4cc(-c6cccc7c6oc6ccccc67)ccc4n5-c4ccc5c6ccccc6c6ccccc6c5c4)cc3)cc2)cc1. The van der Waals surface area contributed by atoms with Gasteiger partial charge in [-0.2, -0.15) is 0 Å². The normalized spacial score (nSPS) is 11.8. The zero-order valence-electron chi connectivity index (χ0n) is 37.6. The highest BCUT2D eigenvalue weighted by Gasteiger charge is 2.19. The van der Waals surface area contributed by atoms with Gasteiger partial charge in [0.1, 0.15) is 11.2 Å². The van der Waals surface area contributed by atoms with Crippen molar-refractivity contribution in [2.75, 3.05) is 4.90 Å². The van der Waals surface area contributed by atoms with Crippen LogP contribution in [0, 0.1) is 0 Å². The molecule has 2 aromatic heterocycles. The van der Waals surface area contributed by atoms with Crippen LogP contribution < -0.4 is 4.90 Å². The lowest BCUT2D eigenvalue weighted by atomic mass is 9.94. The van der Waals surface area contributed by atoms with Crippen molar-refractivity contribution in [2.45, 2.75) is 0 Å². The number of furan rings is 1. The van der Waals surface area contributed by atoms with Crippen molar-refractivity contribution in [3.63, 3.8) is 0 Å². The van der Waals surface area contributed by atoms with Crippen molar-refractivity contribution < 1.29 is 4.42 Å². The van der Waals surface area contributed by atoms with Crippen LogP contribution in [0.25, 0.3) is 115 Å². The summed E-state index contributed by atoms with van der Waals surface area (Å²) in [4.78, 5) is 2.33. The molecule has 0 fully saturated rings. The van der Waals surface area contributed by atoms with Gasteiger partial charge in [0.2, 0.25) is 0 Å². The number of benzene rings is 12. The van der Waals surface area contributed by atoms with E-state index >= 15 is 0 Å². The molecule has 0 atom stereocenters. The first kappa shape index (κ1) is 39.0. The van der Waals surface area contributed by atoms with E-state index in [4.69, 9.17) is 4.42 Å². The Morgan fingerprint density at radius 3 is 1.39 bits per heavy atom. The Morgan fingerprint density at radius 1 is 0.275 bits per heavy atom. The van der Waals surface area contributed by atoms with Crippen LogP contribution in [0.5, 0.6) is 0 Å². The number of nitrogens with zero attached hydrogens (tertiary/aromatic N) is 2. The third-order valence-electron chi connectivity index (χ3n) is 14.2. The molecule has 0 saturated heterocycles. The summed E-state index contributed by atoms with van der Waals surface area (Å²) >= 11 is 0. The molecule has 3 heteroatoms.